The molecule has 0 radical (unpaired) electrons. The Hall–Kier alpha value is -2.05. The van der Waals surface area contributed by atoms with Crippen LogP contribution in [0.4, 0.5) is 0 Å². The molecule has 0 saturated carbocycles. The fraction of sp³-hybridized carbons (Fsp3) is 0.545. The lowest BCUT2D eigenvalue weighted by Crippen LogP contribution is -2.37. The van der Waals surface area contributed by atoms with Crippen LogP contribution in [0.25, 0.3) is 0 Å². The Labute approximate surface area is 105 Å². The summed E-state index contributed by atoms with van der Waals surface area (Å²) in [6.45, 7) is 4.10. The van der Waals surface area contributed by atoms with Crippen LogP contribution in [0.5, 0.6) is 0 Å². The van der Waals surface area contributed by atoms with Crippen molar-refractivity contribution in [3.8, 4) is 0 Å². The molecule has 18 heavy (non-hydrogen) atoms. The average Bonchev–Trinajstić information content (AvgIpc) is 2.78. The Bertz CT molecular complexity index is 427. The molecule has 0 spiro atoms. The number of carbonyl (C=O) groups is 1. The highest BCUT2D eigenvalue weighted by Gasteiger charge is 2.16. The number of nitrogens with one attached hydrogen (secondary N) is 2. The van der Waals surface area contributed by atoms with Crippen LogP contribution in [-0.4, -0.2) is 33.7 Å². The zero-order chi connectivity index (χ0) is 13.5. The average molecular weight is 253 g/mol. The van der Waals surface area contributed by atoms with E-state index in [9.17, 15) is 4.79 Å². The van der Waals surface area contributed by atoms with Gasteiger partial charge in [-0.1, -0.05) is 5.16 Å². The number of amidine groups is 1. The maximum absolute atomic E-state index is 11.6. The molecule has 0 aromatic carbocycles. The number of nitrogens with zero attached hydrogens (tertiary/aromatic N) is 2. The number of carbonyl (C=O) groups excluding carboxylic acids is 1. The van der Waals surface area contributed by atoms with Gasteiger partial charge in [0.05, 0.1) is 12.1 Å². The van der Waals surface area contributed by atoms with Crippen molar-refractivity contribution < 1.29 is 10.0 Å². The largest absolute Gasteiger partial charge is 0.409 e. The molecule has 1 aromatic rings. The van der Waals surface area contributed by atoms with Crippen molar-refractivity contribution in [1.82, 2.24) is 15.5 Å². The second-order valence-electron chi connectivity index (χ2n) is 4.16. The van der Waals surface area contributed by atoms with Crippen LogP contribution in [0.2, 0.25) is 0 Å². The number of amides is 1. The minimum absolute atomic E-state index is 0.0850. The van der Waals surface area contributed by atoms with E-state index >= 15 is 0 Å². The van der Waals surface area contributed by atoms with Crippen molar-refractivity contribution in [3.63, 3.8) is 0 Å². The van der Waals surface area contributed by atoms with E-state index in [-0.39, 0.29) is 11.7 Å². The summed E-state index contributed by atoms with van der Waals surface area (Å²) >= 11 is 0. The summed E-state index contributed by atoms with van der Waals surface area (Å²) in [5.74, 6) is -0.946. The van der Waals surface area contributed by atoms with Crippen molar-refractivity contribution >= 4 is 11.7 Å². The van der Waals surface area contributed by atoms with E-state index in [4.69, 9.17) is 10.9 Å². The normalized spacial score (nSPS) is 13.3. The topological polar surface area (TPSA) is 116 Å². The summed E-state index contributed by atoms with van der Waals surface area (Å²) in [6.07, 6.45) is 3.45. The lowest BCUT2D eigenvalue weighted by molar-refractivity contribution is -0.122. The van der Waals surface area contributed by atoms with E-state index in [1.54, 1.807) is 13.1 Å². The zero-order valence-corrected chi connectivity index (χ0v) is 10.6. The lowest BCUT2D eigenvalue weighted by atomic mass is 10.1. The summed E-state index contributed by atoms with van der Waals surface area (Å²) in [5, 5.41) is 20.8. The first-order chi connectivity index (χ1) is 8.56. The first-order valence-corrected chi connectivity index (χ1v) is 5.80. The van der Waals surface area contributed by atoms with Gasteiger partial charge in [-0.3, -0.25) is 9.89 Å². The van der Waals surface area contributed by atoms with Gasteiger partial charge in [0.1, 0.15) is 0 Å². The highest BCUT2D eigenvalue weighted by molar-refractivity contribution is 6.01. The van der Waals surface area contributed by atoms with Gasteiger partial charge < -0.3 is 16.3 Å². The number of aromatic nitrogens is 2. The molecule has 0 saturated heterocycles. The molecule has 1 heterocycles. The van der Waals surface area contributed by atoms with Crippen LogP contribution >= 0.6 is 0 Å². The first-order valence-electron chi connectivity index (χ1n) is 5.80. The highest BCUT2D eigenvalue weighted by Crippen LogP contribution is 2.05. The van der Waals surface area contributed by atoms with Gasteiger partial charge in [0.25, 0.3) is 0 Å². The Morgan fingerprint density at radius 1 is 1.72 bits per heavy atom. The van der Waals surface area contributed by atoms with Crippen molar-refractivity contribution in [3.05, 3.63) is 17.5 Å². The molecule has 100 valence electrons. The van der Waals surface area contributed by atoms with Gasteiger partial charge in [0.15, 0.2) is 5.84 Å². The number of hydrogen-bond donors (Lipinski definition) is 4. The minimum atomic E-state index is -0.620. The number of rotatable bonds is 6. The molecule has 1 atom stereocenters. The van der Waals surface area contributed by atoms with E-state index in [1.165, 1.54) is 0 Å². The maximum atomic E-state index is 11.6. The summed E-state index contributed by atoms with van der Waals surface area (Å²) in [5.41, 5.74) is 7.54. The maximum Gasteiger partial charge on any atom is 0.230 e. The number of hydrogen-bond acceptors (Lipinski definition) is 4. The number of nitrogens with two attached hydrogens (primary N) is 1. The van der Waals surface area contributed by atoms with Crippen LogP contribution in [0, 0.1) is 12.8 Å². The molecule has 0 aliphatic carbocycles. The lowest BCUT2D eigenvalue weighted by Gasteiger charge is -2.10. The van der Waals surface area contributed by atoms with Crippen LogP contribution < -0.4 is 11.1 Å². The minimum Gasteiger partial charge on any atom is -0.409 e. The summed E-state index contributed by atoms with van der Waals surface area (Å²) in [4.78, 5) is 11.6. The predicted molar refractivity (Wildman–Crippen MR) is 67.2 cm³/mol. The molecule has 7 nitrogen and oxygen atoms in total. The monoisotopic (exact) mass is 253 g/mol. The molecule has 1 aromatic heterocycles. The fourth-order valence-electron chi connectivity index (χ4n) is 1.49. The predicted octanol–water partition coefficient (Wildman–Crippen LogP) is 0.149. The molecule has 0 aliphatic heterocycles. The van der Waals surface area contributed by atoms with Crippen molar-refractivity contribution in [2.45, 2.75) is 26.7 Å². The first kappa shape index (κ1) is 14.0. The van der Waals surface area contributed by atoms with Crippen molar-refractivity contribution in [2.24, 2.45) is 16.8 Å². The van der Waals surface area contributed by atoms with Crippen molar-refractivity contribution in [2.75, 3.05) is 6.54 Å². The van der Waals surface area contributed by atoms with Gasteiger partial charge in [0, 0.05) is 12.2 Å². The van der Waals surface area contributed by atoms with E-state index < -0.39 is 5.92 Å². The van der Waals surface area contributed by atoms with Gasteiger partial charge >= 0.3 is 0 Å². The smallest absolute Gasteiger partial charge is 0.230 e. The van der Waals surface area contributed by atoms with Gasteiger partial charge in [-0.15, -0.1) is 0 Å². The summed E-state index contributed by atoms with van der Waals surface area (Å²) in [7, 11) is 0. The molecule has 1 amide bonds. The van der Waals surface area contributed by atoms with E-state index in [1.807, 2.05) is 6.92 Å². The molecule has 0 bridgehead atoms. The Morgan fingerprint density at radius 2 is 2.44 bits per heavy atom. The fourth-order valence-corrected chi connectivity index (χ4v) is 1.49. The Balaban J connectivity index is 2.26. The van der Waals surface area contributed by atoms with Crippen LogP contribution in [-0.2, 0) is 11.2 Å². The second kappa shape index (κ2) is 6.63. The van der Waals surface area contributed by atoms with Gasteiger partial charge in [-0.05, 0) is 32.3 Å². The molecule has 1 rings (SSSR count). The summed E-state index contributed by atoms with van der Waals surface area (Å²) < 4.78 is 0. The standard InChI is InChI=1S/C11H19N5O2/c1-7(10(12)16-18)11(17)13-5-3-4-9-6-14-15-8(9)2/h6-7,18H,3-5H2,1-2H3,(H2,12,16)(H,13,17)(H,14,15). The highest BCUT2D eigenvalue weighted by atomic mass is 16.4. The number of aryl methyl sites for hydroxylation is 2. The second-order valence-corrected chi connectivity index (χ2v) is 4.16. The third kappa shape index (κ3) is 3.76. The molecule has 5 N–H and O–H groups in total. The van der Waals surface area contributed by atoms with Crippen LogP contribution in [0.3, 0.4) is 0 Å². The van der Waals surface area contributed by atoms with E-state index in [2.05, 4.69) is 20.7 Å². The molecular formula is C11H19N5O2. The molecular weight excluding hydrogens is 234 g/mol. The third-order valence-corrected chi connectivity index (χ3v) is 2.81. The third-order valence-electron chi connectivity index (χ3n) is 2.81. The van der Waals surface area contributed by atoms with Crippen LogP contribution in [0.1, 0.15) is 24.6 Å². The van der Waals surface area contributed by atoms with Gasteiger partial charge in [0.2, 0.25) is 5.91 Å². The molecule has 0 aliphatic rings. The van der Waals surface area contributed by atoms with Crippen LogP contribution in [0.15, 0.2) is 11.4 Å². The molecule has 1 unspecified atom stereocenters. The quantitative estimate of drug-likeness (QED) is 0.190. The Morgan fingerprint density at radius 3 is 3.00 bits per heavy atom. The zero-order valence-electron chi connectivity index (χ0n) is 10.6. The number of H-pyrrole nitrogens is 1. The van der Waals surface area contributed by atoms with E-state index in [0.717, 1.165) is 24.1 Å². The number of aromatic amines is 1. The molecule has 0 fully saturated rings. The van der Waals surface area contributed by atoms with Gasteiger partial charge in [-0.2, -0.15) is 5.10 Å². The molecule has 7 heteroatoms. The SMILES string of the molecule is Cc1[nH]ncc1CCCNC(=O)C(C)C(N)=NO. The van der Waals surface area contributed by atoms with Crippen molar-refractivity contribution in [1.29, 1.82) is 0 Å². The number of oxime groups is 1. The van der Waals surface area contributed by atoms with Gasteiger partial charge in [-0.25, -0.2) is 0 Å². The van der Waals surface area contributed by atoms with E-state index in [0.29, 0.717) is 6.54 Å². The Kier molecular flexibility index (Phi) is 5.16. The summed E-state index contributed by atoms with van der Waals surface area (Å²) in [6, 6.07) is 0.